The quantitative estimate of drug-likeness (QED) is 0.799. The molecular formula is C12H17NO2. The maximum absolute atomic E-state index is 5.95. The van der Waals surface area contributed by atoms with E-state index in [-0.39, 0.29) is 6.04 Å². The molecule has 2 rings (SSSR count). The van der Waals surface area contributed by atoms with E-state index in [1.165, 1.54) is 11.1 Å². The molecule has 0 radical (unpaired) electrons. The van der Waals surface area contributed by atoms with E-state index in [4.69, 9.17) is 15.2 Å². The molecule has 2 N–H and O–H groups in total. The molecule has 0 bridgehead atoms. The van der Waals surface area contributed by atoms with E-state index in [0.29, 0.717) is 0 Å². The lowest BCUT2D eigenvalue weighted by Crippen LogP contribution is -2.28. The van der Waals surface area contributed by atoms with Crippen molar-refractivity contribution in [2.45, 2.75) is 25.3 Å². The SMILES string of the molecule is COc1cc2c(c(OC)c1)CC[C@H](N)C2. The number of rotatable bonds is 2. The number of nitrogens with two attached hydrogens (primary N) is 1. The van der Waals surface area contributed by atoms with E-state index in [0.717, 1.165) is 30.8 Å². The van der Waals surface area contributed by atoms with Crippen LogP contribution >= 0.6 is 0 Å². The molecule has 1 atom stereocenters. The highest BCUT2D eigenvalue weighted by Crippen LogP contribution is 2.33. The van der Waals surface area contributed by atoms with Gasteiger partial charge in [-0.2, -0.15) is 0 Å². The Morgan fingerprint density at radius 3 is 2.73 bits per heavy atom. The fraction of sp³-hybridized carbons (Fsp3) is 0.500. The molecule has 0 saturated carbocycles. The molecule has 0 unspecified atom stereocenters. The third-order valence-corrected chi connectivity index (χ3v) is 2.98. The van der Waals surface area contributed by atoms with Gasteiger partial charge in [-0.25, -0.2) is 0 Å². The molecule has 15 heavy (non-hydrogen) atoms. The van der Waals surface area contributed by atoms with Gasteiger partial charge in [-0.15, -0.1) is 0 Å². The Kier molecular flexibility index (Phi) is 2.82. The number of hydrogen-bond acceptors (Lipinski definition) is 3. The fourth-order valence-electron chi connectivity index (χ4n) is 2.16. The van der Waals surface area contributed by atoms with Gasteiger partial charge in [0.15, 0.2) is 0 Å². The molecule has 0 amide bonds. The molecule has 0 fully saturated rings. The van der Waals surface area contributed by atoms with Crippen molar-refractivity contribution in [3.05, 3.63) is 23.3 Å². The van der Waals surface area contributed by atoms with Crippen LogP contribution in [-0.2, 0) is 12.8 Å². The van der Waals surface area contributed by atoms with Crippen molar-refractivity contribution >= 4 is 0 Å². The highest BCUT2D eigenvalue weighted by Gasteiger charge is 2.19. The number of methoxy groups -OCH3 is 2. The van der Waals surface area contributed by atoms with Gasteiger partial charge < -0.3 is 15.2 Å². The second kappa shape index (κ2) is 4.11. The van der Waals surface area contributed by atoms with Crippen LogP contribution in [0.5, 0.6) is 11.5 Å². The van der Waals surface area contributed by atoms with Crippen LogP contribution in [0.4, 0.5) is 0 Å². The van der Waals surface area contributed by atoms with Crippen molar-refractivity contribution in [1.29, 1.82) is 0 Å². The average Bonchev–Trinajstić information content (AvgIpc) is 2.26. The molecule has 0 spiro atoms. The summed E-state index contributed by atoms with van der Waals surface area (Å²) < 4.78 is 10.6. The van der Waals surface area contributed by atoms with Crippen molar-refractivity contribution in [1.82, 2.24) is 0 Å². The summed E-state index contributed by atoms with van der Waals surface area (Å²) in [5, 5.41) is 0. The van der Waals surface area contributed by atoms with Crippen LogP contribution in [0.1, 0.15) is 17.5 Å². The fourth-order valence-corrected chi connectivity index (χ4v) is 2.16. The maximum Gasteiger partial charge on any atom is 0.126 e. The summed E-state index contributed by atoms with van der Waals surface area (Å²) in [6.07, 6.45) is 2.96. The van der Waals surface area contributed by atoms with Gasteiger partial charge in [0.1, 0.15) is 11.5 Å². The highest BCUT2D eigenvalue weighted by atomic mass is 16.5. The molecule has 82 valence electrons. The Bertz CT molecular complexity index is 363. The first-order chi connectivity index (χ1) is 7.24. The number of fused-ring (bicyclic) bond motifs is 1. The molecule has 1 aromatic carbocycles. The van der Waals surface area contributed by atoms with Crippen LogP contribution in [0, 0.1) is 0 Å². The molecule has 0 aliphatic heterocycles. The molecule has 1 aliphatic carbocycles. The maximum atomic E-state index is 5.95. The normalized spacial score (nSPS) is 19.5. The lowest BCUT2D eigenvalue weighted by Gasteiger charge is -2.23. The summed E-state index contributed by atoms with van der Waals surface area (Å²) >= 11 is 0. The predicted molar refractivity (Wildman–Crippen MR) is 59.5 cm³/mol. The van der Waals surface area contributed by atoms with Crippen molar-refractivity contribution in [2.75, 3.05) is 14.2 Å². The molecule has 1 aliphatic rings. The molecule has 0 aromatic heterocycles. The number of ether oxygens (including phenoxy) is 2. The van der Waals surface area contributed by atoms with Crippen molar-refractivity contribution < 1.29 is 9.47 Å². The Morgan fingerprint density at radius 2 is 2.07 bits per heavy atom. The van der Waals surface area contributed by atoms with Crippen LogP contribution in [0.2, 0.25) is 0 Å². The second-order valence-electron chi connectivity index (χ2n) is 3.97. The number of hydrogen-bond donors (Lipinski definition) is 1. The highest BCUT2D eigenvalue weighted by molar-refractivity contribution is 5.48. The van der Waals surface area contributed by atoms with Crippen LogP contribution in [0.15, 0.2) is 12.1 Å². The van der Waals surface area contributed by atoms with E-state index >= 15 is 0 Å². The minimum absolute atomic E-state index is 0.273. The standard InChI is InChI=1S/C12H17NO2/c1-14-10-6-8-5-9(13)3-4-11(8)12(7-10)15-2/h6-7,9H,3-5,13H2,1-2H3/t9-/m0/s1. The summed E-state index contributed by atoms with van der Waals surface area (Å²) in [6, 6.07) is 4.28. The summed E-state index contributed by atoms with van der Waals surface area (Å²) in [5.41, 5.74) is 8.51. The zero-order valence-corrected chi connectivity index (χ0v) is 9.25. The topological polar surface area (TPSA) is 44.5 Å². The van der Waals surface area contributed by atoms with Gasteiger partial charge in [-0.3, -0.25) is 0 Å². The largest absolute Gasteiger partial charge is 0.497 e. The average molecular weight is 207 g/mol. The van der Waals surface area contributed by atoms with E-state index in [2.05, 4.69) is 6.07 Å². The van der Waals surface area contributed by atoms with Gasteiger partial charge >= 0.3 is 0 Å². The minimum Gasteiger partial charge on any atom is -0.497 e. The van der Waals surface area contributed by atoms with Gasteiger partial charge in [0.25, 0.3) is 0 Å². The lowest BCUT2D eigenvalue weighted by atomic mass is 9.88. The Hall–Kier alpha value is -1.22. The van der Waals surface area contributed by atoms with Crippen molar-refractivity contribution in [3.63, 3.8) is 0 Å². The molecule has 3 nitrogen and oxygen atoms in total. The summed E-state index contributed by atoms with van der Waals surface area (Å²) in [4.78, 5) is 0. The van der Waals surface area contributed by atoms with Gasteiger partial charge in [0.05, 0.1) is 14.2 Å². The van der Waals surface area contributed by atoms with Gasteiger partial charge in [-0.05, 0) is 36.5 Å². The summed E-state index contributed by atoms with van der Waals surface area (Å²) in [5.74, 6) is 1.77. The van der Waals surface area contributed by atoms with Crippen LogP contribution in [0.3, 0.4) is 0 Å². The van der Waals surface area contributed by atoms with E-state index in [1.54, 1.807) is 14.2 Å². The number of benzene rings is 1. The molecule has 0 saturated heterocycles. The Balaban J connectivity index is 2.44. The molecule has 3 heteroatoms. The first kappa shape index (κ1) is 10.3. The van der Waals surface area contributed by atoms with Crippen molar-refractivity contribution in [2.24, 2.45) is 5.73 Å². The Morgan fingerprint density at radius 1 is 1.27 bits per heavy atom. The minimum atomic E-state index is 0.273. The third kappa shape index (κ3) is 1.92. The van der Waals surface area contributed by atoms with Crippen LogP contribution < -0.4 is 15.2 Å². The van der Waals surface area contributed by atoms with E-state index < -0.39 is 0 Å². The van der Waals surface area contributed by atoms with Crippen LogP contribution in [0.25, 0.3) is 0 Å². The van der Waals surface area contributed by atoms with Crippen molar-refractivity contribution in [3.8, 4) is 11.5 Å². The molecule has 1 aromatic rings. The summed E-state index contributed by atoms with van der Waals surface area (Å²) in [6.45, 7) is 0. The van der Waals surface area contributed by atoms with Gasteiger partial charge in [0, 0.05) is 12.1 Å². The smallest absolute Gasteiger partial charge is 0.126 e. The Labute approximate surface area is 90.2 Å². The monoisotopic (exact) mass is 207 g/mol. The lowest BCUT2D eigenvalue weighted by molar-refractivity contribution is 0.386. The van der Waals surface area contributed by atoms with E-state index in [9.17, 15) is 0 Å². The zero-order valence-electron chi connectivity index (χ0n) is 9.25. The van der Waals surface area contributed by atoms with Gasteiger partial charge in [-0.1, -0.05) is 0 Å². The first-order valence-corrected chi connectivity index (χ1v) is 5.24. The second-order valence-corrected chi connectivity index (χ2v) is 3.97. The third-order valence-electron chi connectivity index (χ3n) is 2.98. The predicted octanol–water partition coefficient (Wildman–Crippen LogP) is 1.52. The summed E-state index contributed by atoms with van der Waals surface area (Å²) in [7, 11) is 3.37. The first-order valence-electron chi connectivity index (χ1n) is 5.24. The van der Waals surface area contributed by atoms with Gasteiger partial charge in [0.2, 0.25) is 0 Å². The van der Waals surface area contributed by atoms with E-state index in [1.807, 2.05) is 6.07 Å². The molecule has 0 heterocycles. The zero-order chi connectivity index (χ0) is 10.8. The molecular weight excluding hydrogens is 190 g/mol. The van der Waals surface area contributed by atoms with Crippen LogP contribution in [-0.4, -0.2) is 20.3 Å².